The highest BCUT2D eigenvalue weighted by molar-refractivity contribution is 7.10. The number of benzene rings is 1. The van der Waals surface area contributed by atoms with Crippen molar-refractivity contribution < 1.29 is 14.3 Å². The van der Waals surface area contributed by atoms with Crippen LogP contribution in [0.15, 0.2) is 41.8 Å². The Kier molecular flexibility index (Phi) is 5.71. The molecule has 0 bridgehead atoms. The Balaban J connectivity index is 1.93. The van der Waals surface area contributed by atoms with Gasteiger partial charge in [0.15, 0.2) is 6.10 Å². The topological polar surface area (TPSA) is 55.4 Å². The minimum Gasteiger partial charge on any atom is -0.449 e. The van der Waals surface area contributed by atoms with E-state index < -0.39 is 12.1 Å². The van der Waals surface area contributed by atoms with Gasteiger partial charge in [0.05, 0.1) is 0 Å². The van der Waals surface area contributed by atoms with Crippen LogP contribution in [0.3, 0.4) is 0 Å². The number of anilines is 1. The van der Waals surface area contributed by atoms with Crippen molar-refractivity contribution in [2.75, 3.05) is 5.32 Å². The summed E-state index contributed by atoms with van der Waals surface area (Å²) in [6.07, 6.45) is 2.13. The van der Waals surface area contributed by atoms with E-state index in [1.807, 2.05) is 49.6 Å². The van der Waals surface area contributed by atoms with E-state index in [2.05, 4.69) is 5.32 Å². The van der Waals surface area contributed by atoms with Crippen molar-refractivity contribution in [3.63, 3.8) is 0 Å². The minimum atomic E-state index is -0.866. The fraction of sp³-hybridized carbons (Fsp3) is 0.222. The van der Waals surface area contributed by atoms with Gasteiger partial charge in [-0.25, -0.2) is 4.79 Å². The molecule has 1 N–H and O–H groups in total. The molecule has 0 fully saturated rings. The number of hydrogen-bond acceptors (Lipinski definition) is 4. The molecule has 0 saturated carbocycles. The highest BCUT2D eigenvalue weighted by atomic mass is 32.1. The van der Waals surface area contributed by atoms with Crippen molar-refractivity contribution in [3.8, 4) is 0 Å². The molecule has 0 spiro atoms. The lowest BCUT2D eigenvalue weighted by Gasteiger charge is -2.15. The first-order chi connectivity index (χ1) is 11.0. The number of carbonyl (C=O) groups excluding carboxylic acids is 2. The number of thiophene rings is 1. The normalized spacial score (nSPS) is 12.1. The van der Waals surface area contributed by atoms with Crippen LogP contribution in [-0.4, -0.2) is 18.0 Å². The molecule has 0 aliphatic rings. The van der Waals surface area contributed by atoms with Crippen LogP contribution in [0.5, 0.6) is 0 Å². The van der Waals surface area contributed by atoms with Crippen molar-refractivity contribution in [1.29, 1.82) is 0 Å². The third-order valence-corrected chi connectivity index (χ3v) is 4.16. The van der Waals surface area contributed by atoms with Crippen LogP contribution >= 0.6 is 11.3 Å². The highest BCUT2D eigenvalue weighted by Crippen LogP contribution is 2.19. The Bertz CT molecular complexity index is 700. The summed E-state index contributed by atoms with van der Waals surface area (Å²) in [5.74, 6) is -0.886. The summed E-state index contributed by atoms with van der Waals surface area (Å²) in [4.78, 5) is 24.9. The fourth-order valence-electron chi connectivity index (χ4n) is 2.04. The summed E-state index contributed by atoms with van der Waals surface area (Å²) >= 11 is 1.52. The van der Waals surface area contributed by atoms with Crippen molar-refractivity contribution in [3.05, 3.63) is 57.8 Å². The average Bonchev–Trinajstić information content (AvgIpc) is 3.02. The lowest BCUT2D eigenvalue weighted by atomic mass is 10.1. The Morgan fingerprint density at radius 1 is 1.17 bits per heavy atom. The zero-order valence-electron chi connectivity index (χ0n) is 13.3. The van der Waals surface area contributed by atoms with Crippen LogP contribution < -0.4 is 5.32 Å². The molecule has 120 valence electrons. The van der Waals surface area contributed by atoms with E-state index in [1.54, 1.807) is 13.0 Å². The van der Waals surface area contributed by atoms with Gasteiger partial charge in [0.2, 0.25) is 0 Å². The van der Waals surface area contributed by atoms with Gasteiger partial charge < -0.3 is 10.1 Å². The second kappa shape index (κ2) is 7.74. The zero-order chi connectivity index (χ0) is 16.8. The molecule has 5 heteroatoms. The van der Waals surface area contributed by atoms with Gasteiger partial charge in [-0.05, 0) is 49.4 Å². The van der Waals surface area contributed by atoms with Gasteiger partial charge in [-0.3, -0.25) is 4.79 Å². The second-order valence-electron chi connectivity index (χ2n) is 5.18. The van der Waals surface area contributed by atoms with Gasteiger partial charge in [0.1, 0.15) is 0 Å². The number of ether oxygens (including phenoxy) is 1. The van der Waals surface area contributed by atoms with Gasteiger partial charge in [-0.15, -0.1) is 11.3 Å². The highest BCUT2D eigenvalue weighted by Gasteiger charge is 2.18. The summed E-state index contributed by atoms with van der Waals surface area (Å²) in [5, 5.41) is 4.74. The monoisotopic (exact) mass is 329 g/mol. The molecule has 23 heavy (non-hydrogen) atoms. The summed E-state index contributed by atoms with van der Waals surface area (Å²) in [6.45, 7) is 5.39. The van der Waals surface area contributed by atoms with Gasteiger partial charge in [0.25, 0.3) is 5.91 Å². The van der Waals surface area contributed by atoms with Crippen LogP contribution in [0.25, 0.3) is 6.08 Å². The molecule has 0 unspecified atom stereocenters. The molecule has 0 aliphatic heterocycles. The molecule has 0 aliphatic carbocycles. The number of hydrogen-bond donors (Lipinski definition) is 1. The van der Waals surface area contributed by atoms with E-state index in [0.717, 1.165) is 21.7 Å². The SMILES string of the molecule is Cc1cccc(C)c1NC(=O)[C@H](C)OC(=O)/C=C/c1cccs1. The van der Waals surface area contributed by atoms with Crippen LogP contribution in [0.4, 0.5) is 5.69 Å². The molecule has 1 atom stereocenters. The van der Waals surface area contributed by atoms with Crippen molar-refractivity contribution in [1.82, 2.24) is 0 Å². The number of esters is 1. The van der Waals surface area contributed by atoms with Crippen molar-refractivity contribution in [2.45, 2.75) is 26.9 Å². The molecular formula is C18H19NO3S. The number of rotatable bonds is 5. The van der Waals surface area contributed by atoms with E-state index in [0.29, 0.717) is 0 Å². The van der Waals surface area contributed by atoms with Gasteiger partial charge in [-0.1, -0.05) is 24.3 Å². The molecule has 1 amide bonds. The van der Waals surface area contributed by atoms with Crippen LogP contribution in [0, 0.1) is 13.8 Å². The summed E-state index contributed by atoms with van der Waals surface area (Å²) in [5.41, 5.74) is 2.69. The molecule has 4 nitrogen and oxygen atoms in total. The van der Waals surface area contributed by atoms with E-state index in [1.165, 1.54) is 17.4 Å². The third kappa shape index (κ3) is 4.79. The summed E-state index contributed by atoms with van der Waals surface area (Å²) in [6, 6.07) is 9.56. The number of carbonyl (C=O) groups is 2. The maximum absolute atomic E-state index is 12.2. The Labute approximate surface area is 139 Å². The molecule has 1 aromatic heterocycles. The van der Waals surface area contributed by atoms with Gasteiger partial charge >= 0.3 is 5.97 Å². The van der Waals surface area contributed by atoms with Crippen LogP contribution in [0.2, 0.25) is 0 Å². The first kappa shape index (κ1) is 17.0. The van der Waals surface area contributed by atoms with E-state index in [4.69, 9.17) is 4.74 Å². The minimum absolute atomic E-state index is 0.347. The fourth-order valence-corrected chi connectivity index (χ4v) is 2.66. The van der Waals surface area contributed by atoms with E-state index in [-0.39, 0.29) is 5.91 Å². The summed E-state index contributed by atoms with van der Waals surface area (Å²) < 4.78 is 5.13. The standard InChI is InChI=1S/C18H19NO3S/c1-12-6-4-7-13(2)17(12)19-18(21)14(3)22-16(20)10-9-15-8-5-11-23-15/h4-11,14H,1-3H3,(H,19,21)/b10-9+/t14-/m0/s1. The molecule has 0 radical (unpaired) electrons. The smallest absolute Gasteiger partial charge is 0.331 e. The molecule has 0 saturated heterocycles. The number of nitrogens with one attached hydrogen (secondary N) is 1. The maximum Gasteiger partial charge on any atom is 0.331 e. The van der Waals surface area contributed by atoms with Crippen LogP contribution in [-0.2, 0) is 14.3 Å². The lowest BCUT2D eigenvalue weighted by molar-refractivity contribution is -0.148. The lowest BCUT2D eigenvalue weighted by Crippen LogP contribution is -2.30. The Morgan fingerprint density at radius 2 is 1.87 bits per heavy atom. The number of para-hydroxylation sites is 1. The first-order valence-electron chi connectivity index (χ1n) is 7.26. The molecule has 1 aromatic carbocycles. The van der Waals surface area contributed by atoms with Gasteiger partial charge in [0, 0.05) is 16.6 Å². The van der Waals surface area contributed by atoms with Crippen molar-refractivity contribution in [2.24, 2.45) is 0 Å². The Hall–Kier alpha value is -2.40. The largest absolute Gasteiger partial charge is 0.449 e. The van der Waals surface area contributed by atoms with E-state index >= 15 is 0 Å². The average molecular weight is 329 g/mol. The molecule has 1 heterocycles. The molecule has 2 aromatic rings. The molecular weight excluding hydrogens is 310 g/mol. The maximum atomic E-state index is 12.2. The zero-order valence-corrected chi connectivity index (χ0v) is 14.1. The predicted molar refractivity (Wildman–Crippen MR) is 93.5 cm³/mol. The third-order valence-electron chi connectivity index (χ3n) is 3.32. The quantitative estimate of drug-likeness (QED) is 0.667. The Morgan fingerprint density at radius 3 is 2.48 bits per heavy atom. The predicted octanol–water partition coefficient (Wildman–Crippen LogP) is 3.95. The van der Waals surface area contributed by atoms with Gasteiger partial charge in [-0.2, -0.15) is 0 Å². The van der Waals surface area contributed by atoms with E-state index in [9.17, 15) is 9.59 Å². The first-order valence-corrected chi connectivity index (χ1v) is 8.14. The molecule has 2 rings (SSSR count). The van der Waals surface area contributed by atoms with Crippen molar-refractivity contribution >= 4 is 35.0 Å². The van der Waals surface area contributed by atoms with Crippen LogP contribution in [0.1, 0.15) is 22.9 Å². The second-order valence-corrected chi connectivity index (χ2v) is 6.16. The number of aryl methyl sites for hydroxylation is 2. The summed E-state index contributed by atoms with van der Waals surface area (Å²) in [7, 11) is 0. The number of amides is 1.